The van der Waals surface area contributed by atoms with E-state index in [4.69, 9.17) is 9.47 Å². The van der Waals surface area contributed by atoms with Gasteiger partial charge in [-0.05, 0) is 12.5 Å². The van der Waals surface area contributed by atoms with E-state index in [1.165, 1.54) is 6.20 Å². The molecule has 3 rings (SSSR count). The van der Waals surface area contributed by atoms with Crippen molar-refractivity contribution in [2.45, 2.75) is 12.3 Å². The summed E-state index contributed by atoms with van der Waals surface area (Å²) in [6.07, 6.45) is 2.33. The molecule has 0 bridgehead atoms. The highest BCUT2D eigenvalue weighted by Gasteiger charge is 2.31. The molecule has 1 aromatic carbocycles. The molecule has 2 heterocycles. The minimum Gasteiger partial charge on any atom is -0.493 e. The number of hydrogen-bond acceptors (Lipinski definition) is 5. The van der Waals surface area contributed by atoms with Crippen LogP contribution in [0.1, 0.15) is 28.4 Å². The molecular weight excluding hydrogens is 284 g/mol. The van der Waals surface area contributed by atoms with Crippen LogP contribution >= 0.6 is 0 Å². The van der Waals surface area contributed by atoms with Crippen LogP contribution < -0.4 is 9.47 Å². The first-order valence-corrected chi connectivity index (χ1v) is 7.10. The van der Waals surface area contributed by atoms with Crippen molar-refractivity contribution in [1.29, 1.82) is 0 Å². The Labute approximate surface area is 128 Å². The van der Waals surface area contributed by atoms with E-state index in [1.807, 2.05) is 18.2 Å². The van der Waals surface area contributed by atoms with Gasteiger partial charge in [-0.3, -0.25) is 4.79 Å². The summed E-state index contributed by atoms with van der Waals surface area (Å²) in [5.41, 5.74) is 1.41. The fourth-order valence-electron chi connectivity index (χ4n) is 2.90. The molecule has 0 spiro atoms. The molecule has 1 aliphatic heterocycles. The second-order valence-electron chi connectivity index (χ2n) is 5.17. The smallest absolute Gasteiger partial charge is 0.276 e. The molecule has 0 radical (unpaired) electrons. The van der Waals surface area contributed by atoms with E-state index in [9.17, 15) is 4.79 Å². The standard InChI is InChI=1S/C15H18N4O3/c1-21-13-5-3-4-11(14(13)22-2)10-6-7-19(9-10)15(20)12-8-16-18-17-12/h3-5,8,10H,6-7,9H2,1-2H3,(H,16,17,18)/t10-/m1/s1. The zero-order valence-electron chi connectivity index (χ0n) is 12.6. The zero-order chi connectivity index (χ0) is 15.5. The first-order valence-electron chi connectivity index (χ1n) is 7.10. The van der Waals surface area contributed by atoms with E-state index in [1.54, 1.807) is 19.1 Å². The number of methoxy groups -OCH3 is 2. The van der Waals surface area contributed by atoms with Crippen LogP contribution in [0, 0.1) is 0 Å². The molecule has 7 nitrogen and oxygen atoms in total. The van der Waals surface area contributed by atoms with E-state index < -0.39 is 0 Å². The average Bonchev–Trinajstić information content (AvgIpc) is 3.24. The number of aromatic nitrogens is 3. The molecule has 1 saturated heterocycles. The minimum absolute atomic E-state index is 0.0990. The third-order valence-electron chi connectivity index (χ3n) is 3.98. The highest BCUT2D eigenvalue weighted by molar-refractivity contribution is 5.92. The van der Waals surface area contributed by atoms with Gasteiger partial charge in [-0.25, -0.2) is 0 Å². The highest BCUT2D eigenvalue weighted by atomic mass is 16.5. The lowest BCUT2D eigenvalue weighted by atomic mass is 9.97. The summed E-state index contributed by atoms with van der Waals surface area (Å²) in [6, 6.07) is 5.84. The van der Waals surface area contributed by atoms with Crippen LogP contribution in [0.3, 0.4) is 0 Å². The van der Waals surface area contributed by atoms with Gasteiger partial charge in [-0.15, -0.1) is 0 Å². The monoisotopic (exact) mass is 302 g/mol. The predicted molar refractivity (Wildman–Crippen MR) is 79.2 cm³/mol. The summed E-state index contributed by atoms with van der Waals surface area (Å²) in [5.74, 6) is 1.58. The van der Waals surface area contributed by atoms with Gasteiger partial charge in [-0.2, -0.15) is 15.4 Å². The van der Waals surface area contributed by atoms with E-state index in [0.29, 0.717) is 24.5 Å². The van der Waals surface area contributed by atoms with Crippen molar-refractivity contribution in [1.82, 2.24) is 20.3 Å². The number of ether oxygens (including phenoxy) is 2. The van der Waals surface area contributed by atoms with Gasteiger partial charge in [0.15, 0.2) is 17.2 Å². The number of carbonyl (C=O) groups is 1. The number of nitrogens with one attached hydrogen (secondary N) is 1. The molecule has 1 fully saturated rings. The fourth-order valence-corrected chi connectivity index (χ4v) is 2.90. The van der Waals surface area contributed by atoms with Gasteiger partial charge in [-0.1, -0.05) is 12.1 Å². The number of hydrogen-bond donors (Lipinski definition) is 1. The number of H-pyrrole nitrogens is 1. The minimum atomic E-state index is -0.0990. The zero-order valence-corrected chi connectivity index (χ0v) is 12.6. The van der Waals surface area contributed by atoms with E-state index >= 15 is 0 Å². The van der Waals surface area contributed by atoms with Crippen molar-refractivity contribution in [3.05, 3.63) is 35.7 Å². The van der Waals surface area contributed by atoms with Gasteiger partial charge >= 0.3 is 0 Å². The number of benzene rings is 1. The van der Waals surface area contributed by atoms with Crippen LogP contribution in [-0.2, 0) is 0 Å². The second kappa shape index (κ2) is 6.05. The summed E-state index contributed by atoms with van der Waals surface area (Å²) in [5, 5.41) is 10.00. The Kier molecular flexibility index (Phi) is 3.95. The lowest BCUT2D eigenvalue weighted by Gasteiger charge is -2.18. The Bertz CT molecular complexity index is 657. The number of carbonyl (C=O) groups excluding carboxylic acids is 1. The summed E-state index contributed by atoms with van der Waals surface area (Å²) < 4.78 is 10.8. The molecule has 2 aromatic rings. The maximum Gasteiger partial charge on any atom is 0.276 e. The van der Waals surface area contributed by atoms with E-state index in [2.05, 4.69) is 15.4 Å². The third-order valence-corrected chi connectivity index (χ3v) is 3.98. The van der Waals surface area contributed by atoms with Crippen LogP contribution in [-0.4, -0.2) is 53.5 Å². The van der Waals surface area contributed by atoms with Crippen LogP contribution in [0.5, 0.6) is 11.5 Å². The van der Waals surface area contributed by atoms with Crippen molar-refractivity contribution in [3.8, 4) is 11.5 Å². The molecule has 1 aromatic heterocycles. The molecule has 0 unspecified atom stereocenters. The molecule has 1 atom stereocenters. The van der Waals surface area contributed by atoms with Gasteiger partial charge in [0.1, 0.15) is 0 Å². The van der Waals surface area contributed by atoms with Crippen LogP contribution in [0.4, 0.5) is 0 Å². The Morgan fingerprint density at radius 2 is 2.23 bits per heavy atom. The number of para-hydroxylation sites is 1. The highest BCUT2D eigenvalue weighted by Crippen LogP contribution is 2.39. The summed E-state index contributed by atoms with van der Waals surface area (Å²) in [7, 11) is 3.26. The van der Waals surface area contributed by atoms with Crippen molar-refractivity contribution >= 4 is 5.91 Å². The first-order chi connectivity index (χ1) is 10.7. The second-order valence-corrected chi connectivity index (χ2v) is 5.17. The number of rotatable bonds is 4. The normalized spacial score (nSPS) is 17.5. The molecule has 116 valence electrons. The quantitative estimate of drug-likeness (QED) is 0.924. The maximum absolute atomic E-state index is 12.3. The van der Waals surface area contributed by atoms with Crippen molar-refractivity contribution in [3.63, 3.8) is 0 Å². The lowest BCUT2D eigenvalue weighted by molar-refractivity contribution is 0.0785. The van der Waals surface area contributed by atoms with E-state index in [0.717, 1.165) is 17.7 Å². The van der Waals surface area contributed by atoms with Gasteiger partial charge < -0.3 is 14.4 Å². The molecule has 7 heteroatoms. The molecule has 1 N–H and O–H groups in total. The lowest BCUT2D eigenvalue weighted by Crippen LogP contribution is -2.28. The maximum atomic E-state index is 12.3. The Hall–Kier alpha value is -2.57. The van der Waals surface area contributed by atoms with E-state index in [-0.39, 0.29) is 11.8 Å². The van der Waals surface area contributed by atoms with Crippen LogP contribution in [0.25, 0.3) is 0 Å². The predicted octanol–water partition coefficient (Wildman–Crippen LogP) is 1.45. The van der Waals surface area contributed by atoms with Gasteiger partial charge in [0.25, 0.3) is 5.91 Å². The largest absolute Gasteiger partial charge is 0.493 e. The summed E-state index contributed by atoms with van der Waals surface area (Å²) in [6.45, 7) is 1.33. The molecule has 22 heavy (non-hydrogen) atoms. The third kappa shape index (κ3) is 2.49. The van der Waals surface area contributed by atoms with Crippen molar-refractivity contribution in [2.75, 3.05) is 27.3 Å². The van der Waals surface area contributed by atoms with Gasteiger partial charge in [0, 0.05) is 24.6 Å². The number of amides is 1. The molecular formula is C15H18N4O3. The number of likely N-dealkylation sites (tertiary alicyclic amines) is 1. The topological polar surface area (TPSA) is 80.3 Å². The van der Waals surface area contributed by atoms with Crippen LogP contribution in [0.2, 0.25) is 0 Å². The Balaban J connectivity index is 1.80. The number of nitrogens with zero attached hydrogens (tertiary/aromatic N) is 3. The molecule has 0 saturated carbocycles. The van der Waals surface area contributed by atoms with Gasteiger partial charge in [0.05, 0.1) is 20.4 Å². The number of aromatic amines is 1. The first kappa shape index (κ1) is 14.4. The molecule has 0 aliphatic carbocycles. The summed E-state index contributed by atoms with van der Waals surface area (Å²) in [4.78, 5) is 14.1. The summed E-state index contributed by atoms with van der Waals surface area (Å²) >= 11 is 0. The van der Waals surface area contributed by atoms with Crippen molar-refractivity contribution < 1.29 is 14.3 Å². The van der Waals surface area contributed by atoms with Gasteiger partial charge in [0.2, 0.25) is 0 Å². The average molecular weight is 302 g/mol. The Morgan fingerprint density at radius 1 is 1.36 bits per heavy atom. The van der Waals surface area contributed by atoms with Crippen molar-refractivity contribution in [2.24, 2.45) is 0 Å². The molecule has 1 amide bonds. The molecule has 1 aliphatic rings. The fraction of sp³-hybridized carbons (Fsp3) is 0.400. The SMILES string of the molecule is COc1cccc([C@@H]2CCN(C(=O)c3cn[nH]n3)C2)c1OC. The Morgan fingerprint density at radius 3 is 2.91 bits per heavy atom. The van der Waals surface area contributed by atoms with Crippen LogP contribution in [0.15, 0.2) is 24.4 Å².